The highest BCUT2D eigenvalue weighted by atomic mass is 35.5. The number of hydrogen-bond acceptors (Lipinski definition) is 4. The zero-order valence-corrected chi connectivity index (χ0v) is 9.64. The number of aromatic nitrogens is 3. The summed E-state index contributed by atoms with van der Waals surface area (Å²) in [5, 5.41) is 19.6. The van der Waals surface area contributed by atoms with Crippen LogP contribution in [0.5, 0.6) is 0 Å². The zero-order valence-electron chi connectivity index (χ0n) is 8.88. The Bertz CT molecular complexity index is 567. The lowest BCUT2D eigenvalue weighted by Crippen LogP contribution is -2.01. The maximum Gasteiger partial charge on any atom is 0.358 e. The van der Waals surface area contributed by atoms with Gasteiger partial charge in [-0.2, -0.15) is 0 Å². The Morgan fingerprint density at radius 1 is 1.53 bits per heavy atom. The molecule has 0 unspecified atom stereocenters. The molecule has 1 aromatic heterocycles. The first-order chi connectivity index (χ1) is 8.11. The second kappa shape index (κ2) is 4.42. The van der Waals surface area contributed by atoms with Crippen LogP contribution < -0.4 is 5.32 Å². The number of nitrogens with zero attached hydrogens (tertiary/aromatic N) is 3. The van der Waals surface area contributed by atoms with Crippen LogP contribution in [0.3, 0.4) is 0 Å². The van der Waals surface area contributed by atoms with Gasteiger partial charge in [-0.1, -0.05) is 16.8 Å². The molecule has 1 aromatic carbocycles. The molecule has 7 heteroatoms. The van der Waals surface area contributed by atoms with Gasteiger partial charge in [0.2, 0.25) is 0 Å². The van der Waals surface area contributed by atoms with Gasteiger partial charge in [0.15, 0.2) is 5.69 Å². The van der Waals surface area contributed by atoms with Crippen LogP contribution in [-0.2, 0) is 0 Å². The molecule has 0 saturated carbocycles. The second-order valence-electron chi connectivity index (χ2n) is 3.26. The van der Waals surface area contributed by atoms with Gasteiger partial charge in [-0.15, -0.1) is 5.10 Å². The third kappa shape index (κ3) is 2.21. The molecule has 0 aliphatic carbocycles. The lowest BCUT2D eigenvalue weighted by Gasteiger charge is -2.08. The number of aromatic carboxylic acids is 1. The Kier molecular flexibility index (Phi) is 2.97. The maximum absolute atomic E-state index is 10.7. The molecule has 6 nitrogen and oxygen atoms in total. The molecule has 2 rings (SSSR count). The summed E-state index contributed by atoms with van der Waals surface area (Å²) >= 11 is 5.89. The molecule has 17 heavy (non-hydrogen) atoms. The molecule has 0 aliphatic rings. The van der Waals surface area contributed by atoms with Gasteiger partial charge in [-0.3, -0.25) is 0 Å². The molecule has 0 atom stereocenters. The number of anilines is 1. The fourth-order valence-electron chi connectivity index (χ4n) is 1.39. The van der Waals surface area contributed by atoms with Crippen molar-refractivity contribution in [3.63, 3.8) is 0 Å². The topological polar surface area (TPSA) is 80.0 Å². The normalized spacial score (nSPS) is 10.2. The minimum absolute atomic E-state index is 0.118. The molecule has 0 fully saturated rings. The van der Waals surface area contributed by atoms with E-state index in [-0.39, 0.29) is 5.69 Å². The van der Waals surface area contributed by atoms with Crippen molar-refractivity contribution in [1.29, 1.82) is 0 Å². The minimum atomic E-state index is -1.12. The van der Waals surface area contributed by atoms with E-state index in [1.165, 1.54) is 10.9 Å². The smallest absolute Gasteiger partial charge is 0.358 e. The first-order valence-corrected chi connectivity index (χ1v) is 5.13. The monoisotopic (exact) mass is 252 g/mol. The van der Waals surface area contributed by atoms with E-state index < -0.39 is 5.97 Å². The molecule has 0 spiro atoms. The van der Waals surface area contributed by atoms with Crippen molar-refractivity contribution in [3.05, 3.63) is 35.1 Å². The summed E-state index contributed by atoms with van der Waals surface area (Å²) in [7, 11) is 1.75. The molecule has 0 radical (unpaired) electrons. The molecule has 2 aromatic rings. The Labute approximate surface area is 102 Å². The quantitative estimate of drug-likeness (QED) is 0.868. The predicted octanol–water partition coefficient (Wildman–Crippen LogP) is 1.66. The maximum atomic E-state index is 10.7. The summed E-state index contributed by atoms with van der Waals surface area (Å²) < 4.78 is 1.36. The van der Waals surface area contributed by atoms with Gasteiger partial charge in [0.25, 0.3) is 0 Å². The average Bonchev–Trinajstić information content (AvgIpc) is 2.78. The number of carbonyl (C=O) groups is 1. The highest BCUT2D eigenvalue weighted by molar-refractivity contribution is 6.30. The molecule has 88 valence electrons. The Morgan fingerprint density at radius 2 is 2.29 bits per heavy atom. The van der Waals surface area contributed by atoms with Crippen LogP contribution in [0.1, 0.15) is 10.5 Å². The largest absolute Gasteiger partial charge is 0.476 e. The van der Waals surface area contributed by atoms with Crippen molar-refractivity contribution in [3.8, 4) is 5.69 Å². The molecule has 0 aliphatic heterocycles. The van der Waals surface area contributed by atoms with E-state index in [2.05, 4.69) is 15.6 Å². The Hall–Kier alpha value is -2.08. The number of nitrogens with one attached hydrogen (secondary N) is 1. The number of carboxylic acids is 1. The first kappa shape index (κ1) is 11.4. The van der Waals surface area contributed by atoms with E-state index in [9.17, 15) is 4.79 Å². The van der Waals surface area contributed by atoms with Gasteiger partial charge in [-0.25, -0.2) is 9.48 Å². The molecule has 0 saturated heterocycles. The van der Waals surface area contributed by atoms with E-state index in [1.54, 1.807) is 25.2 Å². The van der Waals surface area contributed by atoms with Crippen LogP contribution in [0.25, 0.3) is 5.69 Å². The highest BCUT2D eigenvalue weighted by Crippen LogP contribution is 2.23. The van der Waals surface area contributed by atoms with E-state index in [1.807, 2.05) is 0 Å². The lowest BCUT2D eigenvalue weighted by molar-refractivity contribution is 0.0690. The summed E-state index contributed by atoms with van der Waals surface area (Å²) in [6, 6.07) is 5.18. The number of halogens is 1. The fourth-order valence-corrected chi connectivity index (χ4v) is 1.55. The molecular weight excluding hydrogens is 244 g/mol. The number of rotatable bonds is 3. The number of benzene rings is 1. The van der Waals surface area contributed by atoms with Crippen LogP contribution in [0.15, 0.2) is 24.4 Å². The minimum Gasteiger partial charge on any atom is -0.476 e. The van der Waals surface area contributed by atoms with Crippen LogP contribution in [-0.4, -0.2) is 33.1 Å². The van der Waals surface area contributed by atoms with Crippen molar-refractivity contribution in [1.82, 2.24) is 15.0 Å². The number of carboxylic acid groups (broad SMARTS) is 1. The predicted molar refractivity (Wildman–Crippen MR) is 62.9 cm³/mol. The zero-order chi connectivity index (χ0) is 12.4. The highest BCUT2D eigenvalue weighted by Gasteiger charge is 2.11. The van der Waals surface area contributed by atoms with Crippen LogP contribution in [0.2, 0.25) is 5.02 Å². The van der Waals surface area contributed by atoms with Crippen molar-refractivity contribution >= 4 is 23.3 Å². The molecule has 2 N–H and O–H groups in total. The van der Waals surface area contributed by atoms with E-state index >= 15 is 0 Å². The van der Waals surface area contributed by atoms with E-state index in [0.717, 1.165) is 5.69 Å². The standard InChI is InChI=1S/C10H9ClN4O2/c1-12-7-3-2-6(11)4-9(7)15-5-8(10(16)17)13-14-15/h2-5,12H,1H3,(H,16,17). The van der Waals surface area contributed by atoms with Gasteiger partial charge in [0.1, 0.15) is 0 Å². The molecule has 0 amide bonds. The van der Waals surface area contributed by atoms with Gasteiger partial charge in [-0.05, 0) is 18.2 Å². The van der Waals surface area contributed by atoms with Gasteiger partial charge < -0.3 is 10.4 Å². The Balaban J connectivity index is 2.51. The van der Waals surface area contributed by atoms with Gasteiger partial charge in [0, 0.05) is 12.1 Å². The summed E-state index contributed by atoms with van der Waals surface area (Å²) in [5.41, 5.74) is 1.29. The molecule has 0 bridgehead atoms. The van der Waals surface area contributed by atoms with Crippen molar-refractivity contribution in [2.24, 2.45) is 0 Å². The fraction of sp³-hybridized carbons (Fsp3) is 0.100. The SMILES string of the molecule is CNc1ccc(Cl)cc1-n1cc(C(=O)O)nn1. The van der Waals surface area contributed by atoms with Crippen LogP contribution in [0, 0.1) is 0 Å². The summed E-state index contributed by atoms with van der Waals surface area (Å²) in [6.07, 6.45) is 1.33. The third-order valence-corrected chi connectivity index (χ3v) is 2.42. The van der Waals surface area contributed by atoms with E-state index in [0.29, 0.717) is 10.7 Å². The lowest BCUT2D eigenvalue weighted by atomic mass is 10.2. The van der Waals surface area contributed by atoms with Crippen molar-refractivity contribution < 1.29 is 9.90 Å². The molecular formula is C10H9ClN4O2. The number of hydrogen-bond donors (Lipinski definition) is 2. The van der Waals surface area contributed by atoms with Crippen molar-refractivity contribution in [2.75, 3.05) is 12.4 Å². The van der Waals surface area contributed by atoms with Crippen LogP contribution in [0.4, 0.5) is 5.69 Å². The van der Waals surface area contributed by atoms with Crippen LogP contribution >= 0.6 is 11.6 Å². The van der Waals surface area contributed by atoms with E-state index in [4.69, 9.17) is 16.7 Å². The summed E-state index contributed by atoms with van der Waals surface area (Å²) in [6.45, 7) is 0. The Morgan fingerprint density at radius 3 is 2.88 bits per heavy atom. The van der Waals surface area contributed by atoms with Gasteiger partial charge in [0.05, 0.1) is 17.6 Å². The average molecular weight is 253 g/mol. The third-order valence-electron chi connectivity index (χ3n) is 2.19. The second-order valence-corrected chi connectivity index (χ2v) is 3.70. The first-order valence-electron chi connectivity index (χ1n) is 4.75. The summed E-state index contributed by atoms with van der Waals surface area (Å²) in [4.78, 5) is 10.7. The molecule has 1 heterocycles. The summed E-state index contributed by atoms with van der Waals surface area (Å²) in [5.74, 6) is -1.12. The van der Waals surface area contributed by atoms with Crippen molar-refractivity contribution in [2.45, 2.75) is 0 Å². The van der Waals surface area contributed by atoms with Gasteiger partial charge >= 0.3 is 5.97 Å².